The molecule has 0 unspecified atom stereocenters. The van der Waals surface area contributed by atoms with Crippen LogP contribution in [0.15, 0.2) is 18.3 Å². The lowest BCUT2D eigenvalue weighted by Crippen LogP contribution is -2.28. The zero-order valence-electron chi connectivity index (χ0n) is 10.9. The Morgan fingerprint density at radius 1 is 1.41 bits per heavy atom. The van der Waals surface area contributed by atoms with Gasteiger partial charge in [-0.15, -0.1) is 0 Å². The predicted octanol–water partition coefficient (Wildman–Crippen LogP) is 1.11. The summed E-state index contributed by atoms with van der Waals surface area (Å²) in [6.45, 7) is 3.62. The number of hydrogen-bond acceptors (Lipinski definition) is 5. The molecule has 0 aliphatic carbocycles. The van der Waals surface area contributed by atoms with E-state index in [0.29, 0.717) is 0 Å². The summed E-state index contributed by atoms with van der Waals surface area (Å²) < 4.78 is 5.03. The molecule has 0 aromatic carbocycles. The first-order chi connectivity index (χ1) is 8.26. The highest BCUT2D eigenvalue weighted by Crippen LogP contribution is 2.10. The van der Waals surface area contributed by atoms with E-state index < -0.39 is 0 Å². The van der Waals surface area contributed by atoms with Crippen molar-refractivity contribution in [2.45, 2.75) is 0 Å². The van der Waals surface area contributed by atoms with Crippen LogP contribution in [0.1, 0.15) is 0 Å². The van der Waals surface area contributed by atoms with Gasteiger partial charge >= 0.3 is 0 Å². The molecule has 0 saturated carbocycles. The van der Waals surface area contributed by atoms with Gasteiger partial charge < -0.3 is 20.3 Å². The Morgan fingerprint density at radius 2 is 2.24 bits per heavy atom. The molecule has 0 fully saturated rings. The number of aromatic nitrogens is 1. The largest absolute Gasteiger partial charge is 0.384 e. The molecule has 0 saturated heterocycles. The number of rotatable bonds is 8. The highest BCUT2D eigenvalue weighted by Gasteiger charge is 1.98. The molecule has 0 aliphatic rings. The summed E-state index contributed by atoms with van der Waals surface area (Å²) in [5.41, 5.74) is 1.09. The van der Waals surface area contributed by atoms with Crippen LogP contribution in [0, 0.1) is 0 Å². The fraction of sp³-hybridized carbons (Fsp3) is 0.583. The topological polar surface area (TPSA) is 49.4 Å². The number of pyridine rings is 1. The van der Waals surface area contributed by atoms with Crippen LogP contribution in [0.25, 0.3) is 0 Å². The second-order valence-corrected chi connectivity index (χ2v) is 3.90. The zero-order chi connectivity index (χ0) is 12.5. The molecular formula is C12H22N4O. The summed E-state index contributed by atoms with van der Waals surface area (Å²) in [6.07, 6.45) is 1.79. The molecule has 1 aromatic rings. The van der Waals surface area contributed by atoms with Crippen molar-refractivity contribution in [3.63, 3.8) is 0 Å². The van der Waals surface area contributed by atoms with E-state index >= 15 is 0 Å². The first kappa shape index (κ1) is 13.7. The Hall–Kier alpha value is -1.33. The number of likely N-dealkylation sites (N-methyl/N-ethyl adjacent to an activating group) is 1. The van der Waals surface area contributed by atoms with Crippen molar-refractivity contribution in [1.29, 1.82) is 0 Å². The van der Waals surface area contributed by atoms with Crippen LogP contribution in [0.2, 0.25) is 0 Å². The van der Waals surface area contributed by atoms with E-state index in [1.165, 1.54) is 0 Å². The molecule has 1 aromatic heterocycles. The van der Waals surface area contributed by atoms with Crippen molar-refractivity contribution < 1.29 is 4.74 Å². The molecule has 17 heavy (non-hydrogen) atoms. The molecule has 0 amide bonds. The van der Waals surface area contributed by atoms with E-state index in [1.807, 2.05) is 19.2 Å². The lowest BCUT2D eigenvalue weighted by molar-refractivity contribution is 0.163. The molecule has 5 nitrogen and oxygen atoms in total. The summed E-state index contributed by atoms with van der Waals surface area (Å²) >= 11 is 0. The Kier molecular flexibility index (Phi) is 6.35. The van der Waals surface area contributed by atoms with Crippen LogP contribution < -0.4 is 10.6 Å². The van der Waals surface area contributed by atoms with E-state index in [4.69, 9.17) is 4.74 Å². The second kappa shape index (κ2) is 7.86. The third kappa shape index (κ3) is 5.51. The minimum absolute atomic E-state index is 0.773. The van der Waals surface area contributed by atoms with Gasteiger partial charge in [-0.3, -0.25) is 0 Å². The second-order valence-electron chi connectivity index (χ2n) is 3.90. The molecule has 96 valence electrons. The molecule has 0 spiro atoms. The van der Waals surface area contributed by atoms with E-state index in [-0.39, 0.29) is 0 Å². The SMILES string of the molecule is CNc1cc(NCCN(C)CCOC)ccn1. The molecule has 5 heteroatoms. The number of ether oxygens (including phenoxy) is 1. The molecule has 0 aliphatic heterocycles. The average Bonchev–Trinajstić information content (AvgIpc) is 2.36. The lowest BCUT2D eigenvalue weighted by atomic mass is 10.3. The van der Waals surface area contributed by atoms with Gasteiger partial charge in [-0.05, 0) is 13.1 Å². The van der Waals surface area contributed by atoms with E-state index in [0.717, 1.165) is 37.7 Å². The van der Waals surface area contributed by atoms with Crippen molar-refractivity contribution in [2.75, 3.05) is 58.1 Å². The molecular weight excluding hydrogens is 216 g/mol. The van der Waals surface area contributed by atoms with Crippen LogP contribution in [-0.4, -0.2) is 57.3 Å². The number of hydrogen-bond donors (Lipinski definition) is 2. The van der Waals surface area contributed by atoms with Gasteiger partial charge in [-0.25, -0.2) is 4.98 Å². The van der Waals surface area contributed by atoms with Crippen molar-refractivity contribution in [3.05, 3.63) is 18.3 Å². The van der Waals surface area contributed by atoms with E-state index in [2.05, 4.69) is 27.6 Å². The first-order valence-electron chi connectivity index (χ1n) is 5.81. The van der Waals surface area contributed by atoms with E-state index in [9.17, 15) is 0 Å². The first-order valence-corrected chi connectivity index (χ1v) is 5.81. The van der Waals surface area contributed by atoms with Crippen molar-refractivity contribution in [3.8, 4) is 0 Å². The van der Waals surface area contributed by atoms with Crippen LogP contribution in [0.3, 0.4) is 0 Å². The van der Waals surface area contributed by atoms with Gasteiger partial charge in [0.15, 0.2) is 0 Å². The highest BCUT2D eigenvalue weighted by molar-refractivity contribution is 5.51. The number of methoxy groups -OCH3 is 1. The van der Waals surface area contributed by atoms with Crippen molar-refractivity contribution >= 4 is 11.5 Å². The summed E-state index contributed by atoms with van der Waals surface area (Å²) in [7, 11) is 5.68. The van der Waals surface area contributed by atoms with Crippen LogP contribution in [-0.2, 0) is 4.74 Å². The molecule has 0 atom stereocenters. The fourth-order valence-corrected chi connectivity index (χ4v) is 1.43. The summed E-state index contributed by atoms with van der Waals surface area (Å²) in [5, 5.41) is 6.38. The highest BCUT2D eigenvalue weighted by atomic mass is 16.5. The molecule has 2 N–H and O–H groups in total. The van der Waals surface area contributed by atoms with Gasteiger partial charge in [-0.2, -0.15) is 0 Å². The summed E-state index contributed by atoms with van der Waals surface area (Å²) in [5.74, 6) is 0.878. The zero-order valence-corrected chi connectivity index (χ0v) is 10.9. The standard InChI is InChI=1S/C12H22N4O/c1-13-12-10-11(4-5-15-12)14-6-7-16(2)8-9-17-3/h4-5,10H,6-9H2,1-3H3,(H2,13,14,15). The molecule has 1 heterocycles. The van der Waals surface area contributed by atoms with Gasteiger partial charge in [0, 0.05) is 51.7 Å². The number of nitrogens with one attached hydrogen (secondary N) is 2. The number of anilines is 2. The molecule has 1 rings (SSSR count). The number of nitrogens with zero attached hydrogens (tertiary/aromatic N) is 2. The maximum Gasteiger partial charge on any atom is 0.127 e. The Bertz CT molecular complexity index is 319. The Balaban J connectivity index is 2.25. The summed E-state index contributed by atoms with van der Waals surface area (Å²) in [4.78, 5) is 6.40. The van der Waals surface area contributed by atoms with Gasteiger partial charge in [0.05, 0.1) is 6.61 Å². The quantitative estimate of drug-likeness (QED) is 0.710. The average molecular weight is 238 g/mol. The Labute approximate surface area is 103 Å². The van der Waals surface area contributed by atoms with Gasteiger partial charge in [-0.1, -0.05) is 0 Å². The van der Waals surface area contributed by atoms with Gasteiger partial charge in [0.1, 0.15) is 5.82 Å². The third-order valence-electron chi connectivity index (χ3n) is 2.52. The van der Waals surface area contributed by atoms with Crippen molar-refractivity contribution in [1.82, 2.24) is 9.88 Å². The maximum absolute atomic E-state index is 5.03. The third-order valence-corrected chi connectivity index (χ3v) is 2.52. The van der Waals surface area contributed by atoms with Gasteiger partial charge in [0.25, 0.3) is 0 Å². The van der Waals surface area contributed by atoms with Crippen LogP contribution in [0.5, 0.6) is 0 Å². The summed E-state index contributed by atoms with van der Waals surface area (Å²) in [6, 6.07) is 3.96. The maximum atomic E-state index is 5.03. The molecule has 0 bridgehead atoms. The Morgan fingerprint density at radius 3 is 2.94 bits per heavy atom. The van der Waals surface area contributed by atoms with Crippen LogP contribution in [0.4, 0.5) is 11.5 Å². The smallest absolute Gasteiger partial charge is 0.127 e. The fourth-order valence-electron chi connectivity index (χ4n) is 1.43. The van der Waals surface area contributed by atoms with E-state index in [1.54, 1.807) is 13.3 Å². The normalized spacial score (nSPS) is 10.6. The van der Waals surface area contributed by atoms with Gasteiger partial charge in [0.2, 0.25) is 0 Å². The molecule has 0 radical (unpaired) electrons. The predicted molar refractivity (Wildman–Crippen MR) is 71.6 cm³/mol. The van der Waals surface area contributed by atoms with Crippen LogP contribution >= 0.6 is 0 Å². The monoisotopic (exact) mass is 238 g/mol. The minimum atomic E-state index is 0.773. The minimum Gasteiger partial charge on any atom is -0.384 e. The van der Waals surface area contributed by atoms with Crippen molar-refractivity contribution in [2.24, 2.45) is 0 Å². The lowest BCUT2D eigenvalue weighted by Gasteiger charge is -2.16.